The Bertz CT molecular complexity index is 149. The van der Waals surface area contributed by atoms with Crippen molar-refractivity contribution >= 4 is 0 Å². The lowest BCUT2D eigenvalue weighted by molar-refractivity contribution is 0.602. The van der Waals surface area contributed by atoms with Gasteiger partial charge in [0, 0.05) is 6.04 Å². The first-order valence-corrected chi connectivity index (χ1v) is 5.25. The second kappa shape index (κ2) is 8.06. The van der Waals surface area contributed by atoms with Gasteiger partial charge >= 0.3 is 0 Å². The molecule has 0 saturated carbocycles. The van der Waals surface area contributed by atoms with Crippen LogP contribution in [0.15, 0.2) is 24.8 Å². The minimum Gasteiger partial charge on any atom is -0.324 e. The standard InChI is InChI=1S/C12H23N/c1-4-11(3)9-7-6-8-10-12(13)5-2/h5,12H,2-4,6-10,13H2,1H3/t12-/m1/s1. The average Bonchev–Trinajstić information content (AvgIpc) is 2.16. The molecule has 2 N–H and O–H groups in total. The van der Waals surface area contributed by atoms with Gasteiger partial charge in [-0.1, -0.05) is 38.0 Å². The minimum absolute atomic E-state index is 0.189. The zero-order chi connectivity index (χ0) is 10.1. The van der Waals surface area contributed by atoms with E-state index in [4.69, 9.17) is 5.73 Å². The zero-order valence-corrected chi connectivity index (χ0v) is 8.89. The Hall–Kier alpha value is -0.560. The number of unbranched alkanes of at least 4 members (excludes halogenated alkanes) is 2. The quantitative estimate of drug-likeness (QED) is 0.450. The molecule has 0 unspecified atom stereocenters. The van der Waals surface area contributed by atoms with Gasteiger partial charge in [0.25, 0.3) is 0 Å². The van der Waals surface area contributed by atoms with Crippen molar-refractivity contribution in [1.29, 1.82) is 0 Å². The molecule has 0 heterocycles. The molecular weight excluding hydrogens is 158 g/mol. The number of nitrogens with two attached hydrogens (primary N) is 1. The summed E-state index contributed by atoms with van der Waals surface area (Å²) in [4.78, 5) is 0. The first-order chi connectivity index (χ1) is 6.20. The summed E-state index contributed by atoms with van der Waals surface area (Å²) in [5, 5.41) is 0. The van der Waals surface area contributed by atoms with Crippen LogP contribution in [0.3, 0.4) is 0 Å². The van der Waals surface area contributed by atoms with E-state index in [9.17, 15) is 0 Å². The lowest BCUT2D eigenvalue weighted by atomic mass is 10.0. The van der Waals surface area contributed by atoms with Gasteiger partial charge < -0.3 is 5.73 Å². The Labute approximate surface area is 82.7 Å². The molecule has 1 heteroatoms. The van der Waals surface area contributed by atoms with E-state index in [1.165, 1.54) is 31.3 Å². The average molecular weight is 181 g/mol. The number of hydrogen-bond acceptors (Lipinski definition) is 1. The SMILES string of the molecule is C=C[C@@H](N)CCCCCC(=C)CC. The molecule has 0 rings (SSSR count). The van der Waals surface area contributed by atoms with E-state index in [0.717, 1.165) is 12.8 Å². The molecule has 1 atom stereocenters. The second-order valence-corrected chi connectivity index (χ2v) is 3.60. The Morgan fingerprint density at radius 1 is 1.38 bits per heavy atom. The molecule has 1 nitrogen and oxygen atoms in total. The Morgan fingerprint density at radius 2 is 2.08 bits per heavy atom. The first kappa shape index (κ1) is 12.4. The van der Waals surface area contributed by atoms with Gasteiger partial charge in [0.15, 0.2) is 0 Å². The van der Waals surface area contributed by atoms with Crippen LogP contribution in [0.5, 0.6) is 0 Å². The molecular formula is C12H23N. The second-order valence-electron chi connectivity index (χ2n) is 3.60. The molecule has 0 bridgehead atoms. The Balaban J connectivity index is 3.17. The monoisotopic (exact) mass is 181 g/mol. The normalized spacial score (nSPS) is 12.5. The molecule has 0 aliphatic carbocycles. The van der Waals surface area contributed by atoms with E-state index in [0.29, 0.717) is 0 Å². The summed E-state index contributed by atoms with van der Waals surface area (Å²) in [5.41, 5.74) is 7.07. The fourth-order valence-electron chi connectivity index (χ4n) is 1.23. The summed E-state index contributed by atoms with van der Waals surface area (Å²) in [6.07, 6.45) is 8.93. The van der Waals surface area contributed by atoms with Gasteiger partial charge in [0.05, 0.1) is 0 Å². The third kappa shape index (κ3) is 7.79. The molecule has 0 amide bonds. The van der Waals surface area contributed by atoms with E-state index < -0.39 is 0 Å². The highest BCUT2D eigenvalue weighted by Crippen LogP contribution is 2.11. The largest absolute Gasteiger partial charge is 0.324 e. The number of allylic oxidation sites excluding steroid dienone is 1. The third-order valence-electron chi connectivity index (χ3n) is 2.37. The van der Waals surface area contributed by atoms with Gasteiger partial charge in [0.1, 0.15) is 0 Å². The van der Waals surface area contributed by atoms with Crippen LogP contribution >= 0.6 is 0 Å². The van der Waals surface area contributed by atoms with E-state index in [1.807, 2.05) is 6.08 Å². The zero-order valence-electron chi connectivity index (χ0n) is 8.89. The van der Waals surface area contributed by atoms with Crippen molar-refractivity contribution < 1.29 is 0 Å². The van der Waals surface area contributed by atoms with Crippen LogP contribution in [0.2, 0.25) is 0 Å². The Morgan fingerprint density at radius 3 is 2.62 bits per heavy atom. The van der Waals surface area contributed by atoms with Crippen molar-refractivity contribution in [3.05, 3.63) is 24.8 Å². The molecule has 0 saturated heterocycles. The lowest BCUT2D eigenvalue weighted by Crippen LogP contribution is -2.15. The van der Waals surface area contributed by atoms with Crippen LogP contribution in [-0.2, 0) is 0 Å². The Kier molecular flexibility index (Phi) is 7.71. The van der Waals surface area contributed by atoms with Gasteiger partial charge in [-0.05, 0) is 25.7 Å². The van der Waals surface area contributed by atoms with E-state index in [1.54, 1.807) is 0 Å². The number of hydrogen-bond donors (Lipinski definition) is 1. The minimum atomic E-state index is 0.189. The fraction of sp³-hybridized carbons (Fsp3) is 0.667. The fourth-order valence-corrected chi connectivity index (χ4v) is 1.23. The summed E-state index contributed by atoms with van der Waals surface area (Å²) in [5.74, 6) is 0. The van der Waals surface area contributed by atoms with Gasteiger partial charge in [-0.25, -0.2) is 0 Å². The molecule has 13 heavy (non-hydrogen) atoms. The predicted molar refractivity (Wildman–Crippen MR) is 60.7 cm³/mol. The summed E-state index contributed by atoms with van der Waals surface area (Å²) < 4.78 is 0. The van der Waals surface area contributed by atoms with Crippen molar-refractivity contribution in [3.63, 3.8) is 0 Å². The molecule has 76 valence electrons. The van der Waals surface area contributed by atoms with E-state index >= 15 is 0 Å². The highest BCUT2D eigenvalue weighted by molar-refractivity contribution is 4.91. The van der Waals surface area contributed by atoms with Crippen LogP contribution in [0, 0.1) is 0 Å². The van der Waals surface area contributed by atoms with Crippen LogP contribution in [0.1, 0.15) is 45.4 Å². The highest BCUT2D eigenvalue weighted by Gasteiger charge is 1.96. The molecule has 0 aromatic rings. The van der Waals surface area contributed by atoms with Crippen molar-refractivity contribution in [2.75, 3.05) is 0 Å². The van der Waals surface area contributed by atoms with Crippen molar-refractivity contribution in [1.82, 2.24) is 0 Å². The molecule has 0 aliphatic rings. The summed E-state index contributed by atoms with van der Waals surface area (Å²) >= 11 is 0. The maximum absolute atomic E-state index is 5.71. The first-order valence-electron chi connectivity index (χ1n) is 5.25. The summed E-state index contributed by atoms with van der Waals surface area (Å²) in [7, 11) is 0. The van der Waals surface area contributed by atoms with Crippen LogP contribution in [-0.4, -0.2) is 6.04 Å². The lowest BCUT2D eigenvalue weighted by Gasteiger charge is -2.05. The van der Waals surface area contributed by atoms with Crippen molar-refractivity contribution in [2.24, 2.45) is 5.73 Å². The highest BCUT2D eigenvalue weighted by atomic mass is 14.6. The number of rotatable bonds is 8. The third-order valence-corrected chi connectivity index (χ3v) is 2.37. The molecule has 0 fully saturated rings. The molecule has 0 aromatic carbocycles. The molecule has 0 aliphatic heterocycles. The van der Waals surface area contributed by atoms with Gasteiger partial charge in [-0.15, -0.1) is 6.58 Å². The van der Waals surface area contributed by atoms with Gasteiger partial charge in [-0.3, -0.25) is 0 Å². The molecule has 0 aromatic heterocycles. The summed E-state index contributed by atoms with van der Waals surface area (Å²) in [6.45, 7) is 9.81. The molecule has 0 radical (unpaired) electrons. The van der Waals surface area contributed by atoms with Gasteiger partial charge in [-0.2, -0.15) is 0 Å². The van der Waals surface area contributed by atoms with Crippen LogP contribution in [0.4, 0.5) is 0 Å². The maximum Gasteiger partial charge on any atom is 0.0221 e. The summed E-state index contributed by atoms with van der Waals surface area (Å²) in [6, 6.07) is 0.189. The predicted octanol–water partition coefficient (Wildman–Crippen LogP) is 3.42. The molecule has 0 spiro atoms. The smallest absolute Gasteiger partial charge is 0.0221 e. The van der Waals surface area contributed by atoms with E-state index in [-0.39, 0.29) is 6.04 Å². The van der Waals surface area contributed by atoms with Crippen molar-refractivity contribution in [2.45, 2.75) is 51.5 Å². The van der Waals surface area contributed by atoms with Crippen LogP contribution < -0.4 is 5.73 Å². The maximum atomic E-state index is 5.71. The van der Waals surface area contributed by atoms with Crippen molar-refractivity contribution in [3.8, 4) is 0 Å². The van der Waals surface area contributed by atoms with E-state index in [2.05, 4.69) is 20.1 Å². The van der Waals surface area contributed by atoms with Crippen LogP contribution in [0.25, 0.3) is 0 Å². The van der Waals surface area contributed by atoms with Gasteiger partial charge in [0.2, 0.25) is 0 Å². The topological polar surface area (TPSA) is 26.0 Å².